The largest absolute Gasteiger partial charge is 0.369 e. The van der Waals surface area contributed by atoms with E-state index in [1.165, 1.54) is 12.8 Å². The summed E-state index contributed by atoms with van der Waals surface area (Å²) in [5, 5.41) is 0. The molecule has 0 spiro atoms. The fourth-order valence-corrected chi connectivity index (χ4v) is 2.42. The molecular weight excluding hydrogens is 202 g/mol. The highest BCUT2D eigenvalue weighted by atomic mass is 16.5. The van der Waals surface area contributed by atoms with E-state index in [-0.39, 0.29) is 12.0 Å². The third-order valence-electron chi connectivity index (χ3n) is 3.65. The van der Waals surface area contributed by atoms with Crippen LogP contribution in [0.25, 0.3) is 0 Å². The minimum Gasteiger partial charge on any atom is -0.369 e. The Morgan fingerprint density at radius 2 is 1.94 bits per heavy atom. The third-order valence-corrected chi connectivity index (χ3v) is 3.65. The molecule has 3 nitrogen and oxygen atoms in total. The lowest BCUT2D eigenvalue weighted by atomic mass is 9.86. The van der Waals surface area contributed by atoms with E-state index >= 15 is 0 Å². The van der Waals surface area contributed by atoms with E-state index in [0.29, 0.717) is 12.6 Å². The van der Waals surface area contributed by atoms with Crippen LogP contribution in [-0.2, 0) is 9.53 Å². The first kappa shape index (κ1) is 13.5. The Morgan fingerprint density at radius 3 is 2.44 bits per heavy atom. The van der Waals surface area contributed by atoms with Crippen LogP contribution in [0.3, 0.4) is 0 Å². The van der Waals surface area contributed by atoms with Gasteiger partial charge in [0.2, 0.25) is 0 Å². The summed E-state index contributed by atoms with van der Waals surface area (Å²) in [5.41, 5.74) is 0. The van der Waals surface area contributed by atoms with Crippen LogP contribution in [0.15, 0.2) is 0 Å². The van der Waals surface area contributed by atoms with Crippen LogP contribution in [0.4, 0.5) is 0 Å². The van der Waals surface area contributed by atoms with E-state index in [1.54, 1.807) is 0 Å². The summed E-state index contributed by atoms with van der Waals surface area (Å²) in [7, 11) is 1.92. The van der Waals surface area contributed by atoms with Crippen molar-refractivity contribution in [3.05, 3.63) is 0 Å². The molecule has 1 aliphatic rings. The van der Waals surface area contributed by atoms with Gasteiger partial charge in [0.05, 0.1) is 0 Å². The summed E-state index contributed by atoms with van der Waals surface area (Å²) in [6.45, 7) is 6.66. The van der Waals surface area contributed by atoms with Crippen LogP contribution >= 0.6 is 0 Å². The Hall–Kier alpha value is -0.570. The van der Waals surface area contributed by atoms with E-state index < -0.39 is 0 Å². The van der Waals surface area contributed by atoms with Crippen molar-refractivity contribution in [3.63, 3.8) is 0 Å². The zero-order valence-corrected chi connectivity index (χ0v) is 11.0. The van der Waals surface area contributed by atoms with E-state index in [4.69, 9.17) is 4.74 Å². The van der Waals surface area contributed by atoms with Gasteiger partial charge in [-0.25, -0.2) is 0 Å². The number of nitrogens with zero attached hydrogens (tertiary/aromatic N) is 1. The van der Waals surface area contributed by atoms with Crippen LogP contribution in [0.2, 0.25) is 0 Å². The van der Waals surface area contributed by atoms with Crippen LogP contribution in [0, 0.1) is 5.92 Å². The van der Waals surface area contributed by atoms with Crippen LogP contribution in [0.5, 0.6) is 0 Å². The van der Waals surface area contributed by atoms with Gasteiger partial charge in [-0.15, -0.1) is 0 Å². The first-order valence-corrected chi connectivity index (χ1v) is 6.44. The minimum atomic E-state index is -0.297. The topological polar surface area (TPSA) is 29.5 Å². The van der Waals surface area contributed by atoms with E-state index in [9.17, 15) is 4.79 Å². The maximum atomic E-state index is 12.0. The maximum absolute atomic E-state index is 12.0. The minimum absolute atomic E-state index is 0.126. The van der Waals surface area contributed by atoms with Gasteiger partial charge in [-0.05, 0) is 45.4 Å². The molecule has 1 aliphatic carbocycles. The molecule has 1 amide bonds. The molecule has 0 heterocycles. The summed E-state index contributed by atoms with van der Waals surface area (Å²) < 4.78 is 5.35. The molecule has 0 aromatic heterocycles. The monoisotopic (exact) mass is 227 g/mol. The van der Waals surface area contributed by atoms with E-state index in [2.05, 4.69) is 6.92 Å². The second-order valence-corrected chi connectivity index (χ2v) is 4.96. The third kappa shape index (κ3) is 3.48. The second kappa shape index (κ2) is 6.24. The Kier molecular flexibility index (Phi) is 5.26. The van der Waals surface area contributed by atoms with Gasteiger partial charge in [0.25, 0.3) is 5.91 Å². The number of rotatable bonds is 4. The van der Waals surface area contributed by atoms with Crippen molar-refractivity contribution in [3.8, 4) is 0 Å². The highest BCUT2D eigenvalue weighted by molar-refractivity contribution is 5.80. The standard InChI is InChI=1S/C13H25NO2/c1-5-16-11(3)13(15)14(4)12-8-6-10(2)7-9-12/h10-12H,5-9H2,1-4H3/t10?,11-,12?/m1/s1. The quantitative estimate of drug-likeness (QED) is 0.738. The molecule has 0 N–H and O–H groups in total. The fraction of sp³-hybridized carbons (Fsp3) is 0.923. The van der Waals surface area contributed by atoms with Gasteiger partial charge in [-0.1, -0.05) is 6.92 Å². The second-order valence-electron chi connectivity index (χ2n) is 4.96. The normalized spacial score (nSPS) is 27.5. The smallest absolute Gasteiger partial charge is 0.251 e. The Labute approximate surface area is 99.1 Å². The molecule has 0 unspecified atom stereocenters. The Morgan fingerprint density at radius 1 is 1.38 bits per heavy atom. The zero-order valence-electron chi connectivity index (χ0n) is 11.0. The SMILES string of the molecule is CCO[C@H](C)C(=O)N(C)C1CCC(C)CC1. The fourth-order valence-electron chi connectivity index (χ4n) is 2.42. The predicted molar refractivity (Wildman–Crippen MR) is 65.3 cm³/mol. The van der Waals surface area contributed by atoms with Crippen molar-refractivity contribution in [2.75, 3.05) is 13.7 Å². The lowest BCUT2D eigenvalue weighted by molar-refractivity contribution is -0.143. The Balaban J connectivity index is 2.44. The van der Waals surface area contributed by atoms with Crippen molar-refractivity contribution in [1.29, 1.82) is 0 Å². The number of carbonyl (C=O) groups is 1. The molecule has 1 rings (SSSR count). The van der Waals surface area contributed by atoms with Gasteiger partial charge in [0.1, 0.15) is 6.10 Å². The van der Waals surface area contributed by atoms with Gasteiger partial charge >= 0.3 is 0 Å². The molecule has 0 saturated heterocycles. The van der Waals surface area contributed by atoms with Gasteiger partial charge in [-0.3, -0.25) is 4.79 Å². The number of carbonyl (C=O) groups excluding carboxylic acids is 1. The van der Waals surface area contributed by atoms with Crippen LogP contribution in [0.1, 0.15) is 46.5 Å². The zero-order chi connectivity index (χ0) is 12.1. The van der Waals surface area contributed by atoms with E-state index in [0.717, 1.165) is 18.8 Å². The average Bonchev–Trinajstić information content (AvgIpc) is 2.28. The number of amides is 1. The van der Waals surface area contributed by atoms with Crippen molar-refractivity contribution >= 4 is 5.91 Å². The molecule has 0 aromatic carbocycles. The Bertz CT molecular complexity index is 222. The molecule has 0 bridgehead atoms. The molecule has 0 aliphatic heterocycles. The van der Waals surface area contributed by atoms with Crippen molar-refractivity contribution < 1.29 is 9.53 Å². The molecule has 3 heteroatoms. The number of hydrogen-bond acceptors (Lipinski definition) is 2. The predicted octanol–water partition coefficient (Wildman–Crippen LogP) is 2.45. The molecule has 1 fully saturated rings. The van der Waals surface area contributed by atoms with Crippen LogP contribution in [-0.4, -0.2) is 36.6 Å². The molecule has 16 heavy (non-hydrogen) atoms. The number of hydrogen-bond donors (Lipinski definition) is 0. The van der Waals surface area contributed by atoms with Crippen molar-refractivity contribution in [2.24, 2.45) is 5.92 Å². The summed E-state index contributed by atoms with van der Waals surface area (Å²) in [5.74, 6) is 0.950. The van der Waals surface area contributed by atoms with Gasteiger partial charge in [-0.2, -0.15) is 0 Å². The first-order chi connectivity index (χ1) is 7.56. The van der Waals surface area contributed by atoms with E-state index in [1.807, 2.05) is 25.8 Å². The number of likely N-dealkylation sites (N-methyl/N-ethyl adjacent to an activating group) is 1. The first-order valence-electron chi connectivity index (χ1n) is 6.44. The maximum Gasteiger partial charge on any atom is 0.251 e. The van der Waals surface area contributed by atoms with Crippen LogP contribution < -0.4 is 0 Å². The number of ether oxygens (including phenoxy) is 1. The summed E-state index contributed by atoms with van der Waals surface area (Å²) in [6.07, 6.45) is 4.47. The van der Waals surface area contributed by atoms with Gasteiger partial charge in [0.15, 0.2) is 0 Å². The van der Waals surface area contributed by atoms with Crippen molar-refractivity contribution in [1.82, 2.24) is 4.90 Å². The van der Waals surface area contributed by atoms with Crippen molar-refractivity contribution in [2.45, 2.75) is 58.6 Å². The molecule has 1 saturated carbocycles. The molecule has 94 valence electrons. The highest BCUT2D eigenvalue weighted by Crippen LogP contribution is 2.26. The molecule has 0 aromatic rings. The van der Waals surface area contributed by atoms with Gasteiger partial charge in [0, 0.05) is 19.7 Å². The molecular formula is C13H25NO2. The lowest BCUT2D eigenvalue weighted by Crippen LogP contribution is -2.44. The highest BCUT2D eigenvalue weighted by Gasteiger charge is 2.27. The summed E-state index contributed by atoms with van der Waals surface area (Å²) in [4.78, 5) is 13.9. The summed E-state index contributed by atoms with van der Waals surface area (Å²) in [6, 6.07) is 0.423. The lowest BCUT2D eigenvalue weighted by Gasteiger charge is -2.34. The molecule has 0 radical (unpaired) electrons. The molecule has 1 atom stereocenters. The summed E-state index contributed by atoms with van der Waals surface area (Å²) >= 11 is 0. The van der Waals surface area contributed by atoms with Gasteiger partial charge < -0.3 is 9.64 Å². The average molecular weight is 227 g/mol.